The molecule has 1 saturated heterocycles. The lowest BCUT2D eigenvalue weighted by atomic mass is 9.78. The van der Waals surface area contributed by atoms with E-state index < -0.39 is 12.1 Å². The van der Waals surface area contributed by atoms with E-state index in [-0.39, 0.29) is 24.3 Å². The highest BCUT2D eigenvalue weighted by molar-refractivity contribution is 5.81. The summed E-state index contributed by atoms with van der Waals surface area (Å²) in [5.74, 6) is -0.736. The molecule has 0 bridgehead atoms. The van der Waals surface area contributed by atoms with E-state index in [0.717, 1.165) is 25.7 Å². The molecular formula is C13H22N2O4. The van der Waals surface area contributed by atoms with Crippen LogP contribution in [0.2, 0.25) is 0 Å². The first-order valence-electron chi connectivity index (χ1n) is 6.96. The number of aliphatic carboxylic acids is 1. The van der Waals surface area contributed by atoms with Crippen molar-refractivity contribution in [3.8, 4) is 0 Å². The van der Waals surface area contributed by atoms with E-state index in [4.69, 9.17) is 15.6 Å². The molecule has 3 unspecified atom stereocenters. The van der Waals surface area contributed by atoms with Gasteiger partial charge in [-0.2, -0.15) is 0 Å². The maximum absolute atomic E-state index is 12.5. The predicted octanol–water partition coefficient (Wildman–Crippen LogP) is 0.0635. The van der Waals surface area contributed by atoms with Gasteiger partial charge in [0, 0.05) is 12.5 Å². The van der Waals surface area contributed by atoms with Crippen LogP contribution in [0.1, 0.15) is 25.7 Å². The van der Waals surface area contributed by atoms with Crippen LogP contribution in [0.3, 0.4) is 0 Å². The van der Waals surface area contributed by atoms with Gasteiger partial charge in [0.1, 0.15) is 0 Å². The van der Waals surface area contributed by atoms with Crippen LogP contribution in [0, 0.1) is 11.8 Å². The van der Waals surface area contributed by atoms with E-state index in [1.54, 1.807) is 4.90 Å². The zero-order valence-corrected chi connectivity index (χ0v) is 11.1. The van der Waals surface area contributed by atoms with Gasteiger partial charge < -0.3 is 20.5 Å². The van der Waals surface area contributed by atoms with Gasteiger partial charge in [-0.25, -0.2) is 4.79 Å². The summed E-state index contributed by atoms with van der Waals surface area (Å²) in [6.45, 7) is 1.46. The summed E-state index contributed by atoms with van der Waals surface area (Å²) in [7, 11) is 0. The summed E-state index contributed by atoms with van der Waals surface area (Å²) in [6, 6.07) is 0. The second-order valence-electron chi connectivity index (χ2n) is 5.37. The first-order chi connectivity index (χ1) is 9.13. The normalized spacial score (nSPS) is 32.1. The fraction of sp³-hybridized carbons (Fsp3) is 0.846. The summed E-state index contributed by atoms with van der Waals surface area (Å²) in [6.07, 6.45) is 3.17. The molecule has 19 heavy (non-hydrogen) atoms. The van der Waals surface area contributed by atoms with Crippen molar-refractivity contribution in [2.45, 2.75) is 31.8 Å². The van der Waals surface area contributed by atoms with Crippen LogP contribution in [0.25, 0.3) is 0 Å². The fourth-order valence-corrected chi connectivity index (χ4v) is 3.05. The average molecular weight is 270 g/mol. The molecule has 1 aliphatic heterocycles. The highest BCUT2D eigenvalue weighted by Crippen LogP contribution is 2.31. The standard InChI is InChI=1S/C13H22N2O4/c14-7-9-3-1-2-4-10(9)12(16)15-5-6-19-11(8-15)13(17)18/h9-11H,1-8,14H2,(H,17,18). The molecule has 108 valence electrons. The minimum atomic E-state index is -1.00. The van der Waals surface area contributed by atoms with E-state index in [9.17, 15) is 9.59 Å². The SMILES string of the molecule is NCC1CCCCC1C(=O)N1CCOC(C(=O)O)C1. The Kier molecular flexibility index (Phi) is 4.76. The molecule has 0 aromatic carbocycles. The van der Waals surface area contributed by atoms with Crippen molar-refractivity contribution in [1.29, 1.82) is 0 Å². The zero-order valence-electron chi connectivity index (χ0n) is 11.1. The van der Waals surface area contributed by atoms with Crippen molar-refractivity contribution in [1.82, 2.24) is 4.90 Å². The number of nitrogens with two attached hydrogens (primary N) is 1. The lowest BCUT2D eigenvalue weighted by molar-refractivity contribution is -0.161. The summed E-state index contributed by atoms with van der Waals surface area (Å²) in [5, 5.41) is 8.96. The van der Waals surface area contributed by atoms with Gasteiger partial charge in [0.2, 0.25) is 5.91 Å². The summed E-state index contributed by atoms with van der Waals surface area (Å²) < 4.78 is 5.14. The van der Waals surface area contributed by atoms with Crippen molar-refractivity contribution < 1.29 is 19.4 Å². The largest absolute Gasteiger partial charge is 0.479 e. The van der Waals surface area contributed by atoms with Gasteiger partial charge >= 0.3 is 5.97 Å². The van der Waals surface area contributed by atoms with Crippen LogP contribution in [-0.4, -0.2) is 54.2 Å². The van der Waals surface area contributed by atoms with Crippen LogP contribution >= 0.6 is 0 Å². The first-order valence-corrected chi connectivity index (χ1v) is 6.96. The Bertz CT molecular complexity index is 348. The quantitative estimate of drug-likeness (QED) is 0.756. The molecule has 1 saturated carbocycles. The van der Waals surface area contributed by atoms with Gasteiger partial charge in [-0.05, 0) is 25.3 Å². The number of carbonyl (C=O) groups is 2. The molecule has 1 heterocycles. The molecule has 2 aliphatic rings. The van der Waals surface area contributed by atoms with Crippen LogP contribution in [0.5, 0.6) is 0 Å². The van der Waals surface area contributed by atoms with Gasteiger partial charge in [0.05, 0.1) is 13.2 Å². The molecule has 1 aliphatic carbocycles. The number of amides is 1. The first kappa shape index (κ1) is 14.3. The molecule has 1 amide bonds. The number of ether oxygens (including phenoxy) is 1. The summed E-state index contributed by atoms with van der Waals surface area (Å²) in [4.78, 5) is 25.1. The number of carboxylic acids is 1. The van der Waals surface area contributed by atoms with Crippen molar-refractivity contribution in [2.24, 2.45) is 17.6 Å². The topological polar surface area (TPSA) is 92.9 Å². The highest BCUT2D eigenvalue weighted by atomic mass is 16.5. The molecular weight excluding hydrogens is 248 g/mol. The van der Waals surface area contributed by atoms with Crippen LogP contribution in [0.4, 0.5) is 0 Å². The monoisotopic (exact) mass is 270 g/mol. The van der Waals surface area contributed by atoms with Gasteiger partial charge in [-0.15, -0.1) is 0 Å². The third-order valence-corrected chi connectivity index (χ3v) is 4.18. The van der Waals surface area contributed by atoms with E-state index in [2.05, 4.69) is 0 Å². The number of morpholine rings is 1. The minimum absolute atomic E-state index is 0.0358. The molecule has 6 nitrogen and oxygen atoms in total. The number of hydrogen-bond donors (Lipinski definition) is 2. The number of carboxylic acid groups (broad SMARTS) is 1. The molecule has 3 atom stereocenters. The smallest absolute Gasteiger partial charge is 0.334 e. The third-order valence-electron chi connectivity index (χ3n) is 4.18. The lowest BCUT2D eigenvalue weighted by Gasteiger charge is -2.37. The number of nitrogens with zero attached hydrogens (tertiary/aromatic N) is 1. The zero-order chi connectivity index (χ0) is 13.8. The molecule has 0 aromatic rings. The molecule has 0 radical (unpaired) electrons. The molecule has 2 rings (SSSR count). The Morgan fingerprint density at radius 1 is 1.32 bits per heavy atom. The number of rotatable bonds is 3. The maximum atomic E-state index is 12.5. The van der Waals surface area contributed by atoms with Crippen LogP contribution in [-0.2, 0) is 14.3 Å². The minimum Gasteiger partial charge on any atom is -0.479 e. The Hall–Kier alpha value is -1.14. The maximum Gasteiger partial charge on any atom is 0.334 e. The van der Waals surface area contributed by atoms with Gasteiger partial charge in [-0.3, -0.25) is 4.79 Å². The second kappa shape index (κ2) is 6.34. The summed E-state index contributed by atoms with van der Waals surface area (Å²) >= 11 is 0. The van der Waals surface area contributed by atoms with Crippen LogP contribution < -0.4 is 5.73 Å². The molecule has 6 heteroatoms. The number of hydrogen-bond acceptors (Lipinski definition) is 4. The number of carbonyl (C=O) groups excluding carboxylic acids is 1. The summed E-state index contributed by atoms with van der Waals surface area (Å²) in [5.41, 5.74) is 5.75. The van der Waals surface area contributed by atoms with Crippen molar-refractivity contribution >= 4 is 11.9 Å². The fourth-order valence-electron chi connectivity index (χ4n) is 3.05. The van der Waals surface area contributed by atoms with E-state index in [1.807, 2.05) is 0 Å². The Morgan fingerprint density at radius 3 is 2.74 bits per heavy atom. The van der Waals surface area contributed by atoms with E-state index >= 15 is 0 Å². The van der Waals surface area contributed by atoms with Crippen LogP contribution in [0.15, 0.2) is 0 Å². The Labute approximate surface area is 112 Å². The Balaban J connectivity index is 1.99. The van der Waals surface area contributed by atoms with Crippen molar-refractivity contribution in [3.63, 3.8) is 0 Å². The second-order valence-corrected chi connectivity index (χ2v) is 5.37. The molecule has 0 spiro atoms. The van der Waals surface area contributed by atoms with E-state index in [0.29, 0.717) is 19.7 Å². The van der Waals surface area contributed by atoms with Gasteiger partial charge in [0.25, 0.3) is 0 Å². The van der Waals surface area contributed by atoms with Crippen molar-refractivity contribution in [2.75, 3.05) is 26.2 Å². The van der Waals surface area contributed by atoms with E-state index in [1.165, 1.54) is 0 Å². The Morgan fingerprint density at radius 2 is 2.05 bits per heavy atom. The molecule has 3 N–H and O–H groups in total. The lowest BCUT2D eigenvalue weighted by Crippen LogP contribution is -2.52. The van der Waals surface area contributed by atoms with Gasteiger partial charge in [0.15, 0.2) is 6.10 Å². The van der Waals surface area contributed by atoms with Gasteiger partial charge in [-0.1, -0.05) is 12.8 Å². The highest BCUT2D eigenvalue weighted by Gasteiger charge is 2.36. The molecule has 0 aromatic heterocycles. The average Bonchev–Trinajstić information content (AvgIpc) is 2.46. The predicted molar refractivity (Wildman–Crippen MR) is 68.5 cm³/mol. The third kappa shape index (κ3) is 3.25. The van der Waals surface area contributed by atoms with Crippen molar-refractivity contribution in [3.05, 3.63) is 0 Å². The molecule has 2 fully saturated rings.